The van der Waals surface area contributed by atoms with Crippen LogP contribution < -0.4 is 5.32 Å². The highest BCUT2D eigenvalue weighted by Crippen LogP contribution is 2.18. The number of rotatable bonds is 6. The molecule has 0 spiro atoms. The molecule has 1 aliphatic rings. The van der Waals surface area contributed by atoms with Crippen LogP contribution in [-0.2, 0) is 0 Å². The number of likely N-dealkylation sites (tertiary alicyclic amines) is 1. The molecule has 114 valence electrons. The third kappa shape index (κ3) is 6.24. The van der Waals surface area contributed by atoms with E-state index in [2.05, 4.69) is 63.8 Å². The summed E-state index contributed by atoms with van der Waals surface area (Å²) in [4.78, 5) is 5.01. The first-order valence-electron chi connectivity index (χ1n) is 7.83. The molecule has 1 fully saturated rings. The van der Waals surface area contributed by atoms with E-state index in [-0.39, 0.29) is 5.54 Å². The molecule has 1 N–H and O–H groups in total. The molecule has 1 rings (SSSR count). The molecule has 0 amide bonds. The molecule has 0 aliphatic carbocycles. The van der Waals surface area contributed by atoms with Gasteiger partial charge in [-0.2, -0.15) is 0 Å². The summed E-state index contributed by atoms with van der Waals surface area (Å²) in [5.41, 5.74) is 0.223. The summed E-state index contributed by atoms with van der Waals surface area (Å²) in [6.07, 6.45) is 1.36. The summed E-state index contributed by atoms with van der Waals surface area (Å²) in [6.45, 7) is 16.3. The Bertz CT molecular complexity index is 259. The van der Waals surface area contributed by atoms with Crippen molar-refractivity contribution in [3.8, 4) is 0 Å². The highest BCUT2D eigenvalue weighted by Gasteiger charge is 2.24. The standard InChI is InChI=1S/C16H35N3/c1-13(10-17-16(3,4)5)14(2)19(7)12-15-8-9-18(6)11-15/h13-15,17H,8-12H2,1-7H3. The van der Waals surface area contributed by atoms with Crippen molar-refractivity contribution in [1.29, 1.82) is 0 Å². The van der Waals surface area contributed by atoms with E-state index in [4.69, 9.17) is 0 Å². The lowest BCUT2D eigenvalue weighted by molar-refractivity contribution is 0.165. The molecule has 1 aliphatic heterocycles. The van der Waals surface area contributed by atoms with Gasteiger partial charge in [-0.05, 0) is 73.1 Å². The lowest BCUT2D eigenvalue weighted by Crippen LogP contribution is -2.45. The monoisotopic (exact) mass is 269 g/mol. The maximum Gasteiger partial charge on any atom is 0.0102 e. The van der Waals surface area contributed by atoms with Crippen molar-refractivity contribution < 1.29 is 0 Å². The molecule has 1 heterocycles. The van der Waals surface area contributed by atoms with Crippen LogP contribution in [0.4, 0.5) is 0 Å². The van der Waals surface area contributed by atoms with Gasteiger partial charge in [0, 0.05) is 24.7 Å². The van der Waals surface area contributed by atoms with Gasteiger partial charge in [-0.25, -0.2) is 0 Å². The van der Waals surface area contributed by atoms with Crippen LogP contribution in [0.25, 0.3) is 0 Å². The predicted molar refractivity (Wildman–Crippen MR) is 84.6 cm³/mol. The topological polar surface area (TPSA) is 18.5 Å². The molecule has 19 heavy (non-hydrogen) atoms. The molecule has 3 unspecified atom stereocenters. The second-order valence-electron chi connectivity index (χ2n) is 7.71. The van der Waals surface area contributed by atoms with E-state index in [1.54, 1.807) is 0 Å². The highest BCUT2D eigenvalue weighted by atomic mass is 15.2. The quantitative estimate of drug-likeness (QED) is 0.798. The third-order valence-electron chi connectivity index (χ3n) is 4.51. The molecule has 0 aromatic carbocycles. The number of hydrogen-bond acceptors (Lipinski definition) is 3. The maximum absolute atomic E-state index is 3.62. The Morgan fingerprint density at radius 3 is 2.42 bits per heavy atom. The molecule has 3 nitrogen and oxygen atoms in total. The second kappa shape index (κ2) is 7.05. The van der Waals surface area contributed by atoms with Crippen LogP contribution in [0.1, 0.15) is 41.0 Å². The third-order valence-corrected chi connectivity index (χ3v) is 4.51. The molecule has 0 bridgehead atoms. The Morgan fingerprint density at radius 1 is 1.32 bits per heavy atom. The van der Waals surface area contributed by atoms with E-state index in [1.165, 1.54) is 26.1 Å². The van der Waals surface area contributed by atoms with Crippen LogP contribution in [0.5, 0.6) is 0 Å². The van der Waals surface area contributed by atoms with Crippen LogP contribution in [0.15, 0.2) is 0 Å². The van der Waals surface area contributed by atoms with E-state index in [9.17, 15) is 0 Å². The van der Waals surface area contributed by atoms with E-state index in [0.717, 1.165) is 12.5 Å². The Labute approximate surface area is 120 Å². The summed E-state index contributed by atoms with van der Waals surface area (Å²) in [5.74, 6) is 1.54. The fourth-order valence-electron chi connectivity index (χ4n) is 2.82. The molecule has 1 saturated heterocycles. The van der Waals surface area contributed by atoms with Crippen LogP contribution in [0.3, 0.4) is 0 Å². The first kappa shape index (κ1) is 16.9. The van der Waals surface area contributed by atoms with Crippen molar-refractivity contribution in [3.05, 3.63) is 0 Å². The fraction of sp³-hybridized carbons (Fsp3) is 1.00. The van der Waals surface area contributed by atoms with Gasteiger partial charge in [0.15, 0.2) is 0 Å². The van der Waals surface area contributed by atoms with E-state index >= 15 is 0 Å². The van der Waals surface area contributed by atoms with Gasteiger partial charge in [-0.3, -0.25) is 0 Å². The number of nitrogens with zero attached hydrogens (tertiary/aromatic N) is 2. The molecule has 3 atom stereocenters. The molecule has 0 saturated carbocycles. The molecule has 0 aromatic heterocycles. The van der Waals surface area contributed by atoms with Gasteiger partial charge < -0.3 is 15.1 Å². The number of hydrogen-bond donors (Lipinski definition) is 1. The molecule has 0 radical (unpaired) electrons. The largest absolute Gasteiger partial charge is 0.312 e. The second-order valence-corrected chi connectivity index (χ2v) is 7.71. The van der Waals surface area contributed by atoms with Gasteiger partial charge >= 0.3 is 0 Å². The van der Waals surface area contributed by atoms with Gasteiger partial charge in [0.2, 0.25) is 0 Å². The minimum Gasteiger partial charge on any atom is -0.312 e. The predicted octanol–water partition coefficient (Wildman–Crippen LogP) is 2.28. The van der Waals surface area contributed by atoms with Gasteiger partial charge in [0.25, 0.3) is 0 Å². The molecule has 3 heteroatoms. The van der Waals surface area contributed by atoms with Crippen molar-refractivity contribution in [2.75, 3.05) is 40.3 Å². The summed E-state index contributed by atoms with van der Waals surface area (Å²) in [7, 11) is 4.52. The Kier molecular flexibility index (Phi) is 6.28. The summed E-state index contributed by atoms with van der Waals surface area (Å²) >= 11 is 0. The average Bonchev–Trinajstić information content (AvgIpc) is 2.69. The van der Waals surface area contributed by atoms with Crippen LogP contribution >= 0.6 is 0 Å². The molecular formula is C16H35N3. The first-order chi connectivity index (χ1) is 8.69. The van der Waals surface area contributed by atoms with Crippen molar-refractivity contribution in [2.24, 2.45) is 11.8 Å². The van der Waals surface area contributed by atoms with Crippen LogP contribution in [-0.4, -0.2) is 61.7 Å². The summed E-state index contributed by atoms with van der Waals surface area (Å²) in [5, 5.41) is 3.62. The lowest BCUT2D eigenvalue weighted by atomic mass is 9.99. The van der Waals surface area contributed by atoms with Gasteiger partial charge in [-0.1, -0.05) is 6.92 Å². The van der Waals surface area contributed by atoms with Crippen molar-refractivity contribution in [1.82, 2.24) is 15.1 Å². The average molecular weight is 269 g/mol. The first-order valence-corrected chi connectivity index (χ1v) is 7.83. The van der Waals surface area contributed by atoms with Gasteiger partial charge in [0.05, 0.1) is 0 Å². The fourth-order valence-corrected chi connectivity index (χ4v) is 2.82. The summed E-state index contributed by atoms with van der Waals surface area (Å²) in [6, 6.07) is 0.640. The van der Waals surface area contributed by atoms with Crippen molar-refractivity contribution in [2.45, 2.75) is 52.6 Å². The zero-order chi connectivity index (χ0) is 14.6. The van der Waals surface area contributed by atoms with Crippen LogP contribution in [0.2, 0.25) is 0 Å². The van der Waals surface area contributed by atoms with Gasteiger partial charge in [-0.15, -0.1) is 0 Å². The molecule has 0 aromatic rings. The van der Waals surface area contributed by atoms with Crippen molar-refractivity contribution in [3.63, 3.8) is 0 Å². The Hall–Kier alpha value is -0.120. The van der Waals surface area contributed by atoms with Crippen LogP contribution in [0, 0.1) is 11.8 Å². The Balaban J connectivity index is 2.32. The number of nitrogens with one attached hydrogen (secondary N) is 1. The minimum atomic E-state index is 0.223. The smallest absolute Gasteiger partial charge is 0.0102 e. The van der Waals surface area contributed by atoms with Crippen molar-refractivity contribution >= 4 is 0 Å². The lowest BCUT2D eigenvalue weighted by Gasteiger charge is -2.33. The SMILES string of the molecule is CC(CNC(C)(C)C)C(C)N(C)CC1CCN(C)C1. The van der Waals surface area contributed by atoms with E-state index in [0.29, 0.717) is 12.0 Å². The zero-order valence-corrected chi connectivity index (χ0v) is 14.2. The van der Waals surface area contributed by atoms with E-state index < -0.39 is 0 Å². The maximum atomic E-state index is 3.62. The van der Waals surface area contributed by atoms with E-state index in [1.807, 2.05) is 0 Å². The highest BCUT2D eigenvalue weighted by molar-refractivity contribution is 4.81. The minimum absolute atomic E-state index is 0.223. The summed E-state index contributed by atoms with van der Waals surface area (Å²) < 4.78 is 0. The molecular weight excluding hydrogens is 234 g/mol. The Morgan fingerprint density at radius 2 is 1.95 bits per heavy atom. The normalized spacial score (nSPS) is 24.9. The zero-order valence-electron chi connectivity index (χ0n) is 14.2. The van der Waals surface area contributed by atoms with Gasteiger partial charge in [0.1, 0.15) is 0 Å².